The Balaban J connectivity index is 2.92. The van der Waals surface area contributed by atoms with E-state index in [1.165, 1.54) is 0 Å². The van der Waals surface area contributed by atoms with Crippen molar-refractivity contribution in [1.29, 1.82) is 0 Å². The van der Waals surface area contributed by atoms with Crippen molar-refractivity contribution in [3.63, 3.8) is 0 Å². The molecule has 0 saturated carbocycles. The van der Waals surface area contributed by atoms with Gasteiger partial charge in [-0.1, -0.05) is 26.3 Å². The normalized spacial score (nSPS) is 11.8. The Morgan fingerprint density at radius 1 is 1.37 bits per heavy atom. The minimum atomic E-state index is -0.601. The Bertz CT molecular complexity index is 421. The van der Waals surface area contributed by atoms with Gasteiger partial charge in [-0.15, -0.1) is 0 Å². The van der Waals surface area contributed by atoms with Crippen LogP contribution in [0.4, 0.5) is 0 Å². The van der Waals surface area contributed by atoms with Crippen LogP contribution in [0.15, 0.2) is 18.2 Å². The molecule has 19 heavy (non-hydrogen) atoms. The van der Waals surface area contributed by atoms with Gasteiger partial charge < -0.3 is 9.47 Å². The van der Waals surface area contributed by atoms with E-state index in [9.17, 15) is 4.79 Å². The highest BCUT2D eigenvalue weighted by molar-refractivity contribution is 5.80. The molecule has 0 aliphatic rings. The van der Waals surface area contributed by atoms with Gasteiger partial charge in [0.15, 0.2) is 17.6 Å². The Kier molecular flexibility index (Phi) is 6.15. The van der Waals surface area contributed by atoms with Gasteiger partial charge in [-0.2, -0.15) is 0 Å². The number of nitrogens with one attached hydrogen (secondary N) is 1. The van der Waals surface area contributed by atoms with Crippen molar-refractivity contribution in [2.24, 2.45) is 5.84 Å². The van der Waals surface area contributed by atoms with Gasteiger partial charge in [0.2, 0.25) is 0 Å². The van der Waals surface area contributed by atoms with Crippen LogP contribution in [-0.2, 0) is 11.2 Å². The fourth-order valence-electron chi connectivity index (χ4n) is 1.78. The van der Waals surface area contributed by atoms with Crippen LogP contribution in [0, 0.1) is 0 Å². The molecule has 1 aromatic carbocycles. The van der Waals surface area contributed by atoms with E-state index in [-0.39, 0.29) is 5.91 Å². The van der Waals surface area contributed by atoms with Gasteiger partial charge >= 0.3 is 0 Å². The second-order valence-corrected chi connectivity index (χ2v) is 4.24. The predicted octanol–water partition coefficient (Wildman–Crippen LogP) is 1.79. The molecule has 0 heterocycles. The lowest BCUT2D eigenvalue weighted by molar-refractivity contribution is -0.128. The van der Waals surface area contributed by atoms with Crippen molar-refractivity contribution >= 4 is 5.91 Å². The number of rotatable bonds is 7. The molecule has 0 aromatic heterocycles. The summed E-state index contributed by atoms with van der Waals surface area (Å²) < 4.78 is 11.0. The molecule has 1 atom stereocenters. The second kappa shape index (κ2) is 7.63. The zero-order chi connectivity index (χ0) is 14.3. The quantitative estimate of drug-likeness (QED) is 0.448. The molecule has 0 aliphatic heterocycles. The number of hydrogen-bond donors (Lipinski definition) is 2. The van der Waals surface area contributed by atoms with Crippen LogP contribution in [0.3, 0.4) is 0 Å². The van der Waals surface area contributed by atoms with E-state index >= 15 is 0 Å². The Hall–Kier alpha value is -1.75. The van der Waals surface area contributed by atoms with Crippen LogP contribution in [0.2, 0.25) is 0 Å². The summed E-state index contributed by atoms with van der Waals surface area (Å²) >= 11 is 0. The molecule has 0 bridgehead atoms. The molecule has 106 valence electrons. The van der Waals surface area contributed by atoms with Gasteiger partial charge in [-0.3, -0.25) is 10.2 Å². The minimum Gasteiger partial charge on any atom is -0.493 e. The van der Waals surface area contributed by atoms with E-state index < -0.39 is 6.10 Å². The largest absolute Gasteiger partial charge is 0.493 e. The van der Waals surface area contributed by atoms with E-state index in [0.29, 0.717) is 17.9 Å². The number of amides is 1. The summed E-state index contributed by atoms with van der Waals surface area (Å²) in [5.41, 5.74) is 3.28. The summed E-state index contributed by atoms with van der Waals surface area (Å²) in [4.78, 5) is 11.6. The molecule has 5 nitrogen and oxygen atoms in total. The standard InChI is InChI=1S/C14H22N2O3/c1-4-6-12(14(17)16-15)19-11-8-7-10(5-2)9-13(11)18-3/h7-9,12H,4-6,15H2,1-3H3,(H,16,17). The third kappa shape index (κ3) is 4.13. The molecule has 5 heteroatoms. The topological polar surface area (TPSA) is 73.6 Å². The molecular formula is C14H22N2O3. The molecular weight excluding hydrogens is 244 g/mol. The van der Waals surface area contributed by atoms with Crippen LogP contribution in [0.25, 0.3) is 0 Å². The summed E-state index contributed by atoms with van der Waals surface area (Å²) in [7, 11) is 1.58. The number of nitrogens with two attached hydrogens (primary N) is 1. The molecule has 0 saturated heterocycles. The van der Waals surface area contributed by atoms with Crippen LogP contribution in [-0.4, -0.2) is 19.1 Å². The molecule has 0 radical (unpaired) electrons. The summed E-state index contributed by atoms with van der Waals surface area (Å²) in [6.45, 7) is 4.05. The average molecular weight is 266 g/mol. The van der Waals surface area contributed by atoms with Crippen molar-refractivity contribution in [3.05, 3.63) is 23.8 Å². The number of aryl methyl sites for hydroxylation is 1. The molecule has 0 spiro atoms. The third-order valence-electron chi connectivity index (χ3n) is 2.89. The highest BCUT2D eigenvalue weighted by atomic mass is 16.5. The lowest BCUT2D eigenvalue weighted by Crippen LogP contribution is -2.42. The summed E-state index contributed by atoms with van der Waals surface area (Å²) in [5.74, 6) is 6.02. The molecule has 3 N–H and O–H groups in total. The summed E-state index contributed by atoms with van der Waals surface area (Å²) in [5, 5.41) is 0. The smallest absolute Gasteiger partial charge is 0.274 e. The van der Waals surface area contributed by atoms with Gasteiger partial charge in [0.25, 0.3) is 5.91 Å². The first-order valence-electron chi connectivity index (χ1n) is 6.50. The van der Waals surface area contributed by atoms with E-state index in [2.05, 4.69) is 12.3 Å². The van der Waals surface area contributed by atoms with E-state index in [1.54, 1.807) is 7.11 Å². The SMILES string of the molecule is CCCC(Oc1ccc(CC)cc1OC)C(=O)NN. The van der Waals surface area contributed by atoms with Crippen LogP contribution in [0.5, 0.6) is 11.5 Å². The first-order valence-corrected chi connectivity index (χ1v) is 6.50. The lowest BCUT2D eigenvalue weighted by atomic mass is 10.1. The van der Waals surface area contributed by atoms with Gasteiger partial charge in [0, 0.05) is 0 Å². The number of hydrazine groups is 1. The highest BCUT2D eigenvalue weighted by Gasteiger charge is 2.20. The second-order valence-electron chi connectivity index (χ2n) is 4.24. The van der Waals surface area contributed by atoms with Crippen LogP contribution >= 0.6 is 0 Å². The number of methoxy groups -OCH3 is 1. The Labute approximate surface area is 114 Å². The fourth-order valence-corrected chi connectivity index (χ4v) is 1.78. The van der Waals surface area contributed by atoms with Gasteiger partial charge in [0.1, 0.15) is 0 Å². The average Bonchev–Trinajstić information content (AvgIpc) is 2.46. The Morgan fingerprint density at radius 3 is 2.63 bits per heavy atom. The molecule has 1 amide bonds. The number of ether oxygens (including phenoxy) is 2. The van der Waals surface area contributed by atoms with Gasteiger partial charge in [-0.25, -0.2) is 5.84 Å². The molecule has 1 rings (SSSR count). The van der Waals surface area contributed by atoms with Gasteiger partial charge in [-0.05, 0) is 30.5 Å². The third-order valence-corrected chi connectivity index (χ3v) is 2.89. The fraction of sp³-hybridized carbons (Fsp3) is 0.500. The van der Waals surface area contributed by atoms with Crippen LogP contribution < -0.4 is 20.7 Å². The van der Waals surface area contributed by atoms with Crippen molar-refractivity contribution < 1.29 is 14.3 Å². The molecule has 0 aliphatic carbocycles. The van der Waals surface area contributed by atoms with Crippen molar-refractivity contribution in [3.8, 4) is 11.5 Å². The number of carbonyl (C=O) groups is 1. The predicted molar refractivity (Wildman–Crippen MR) is 74.0 cm³/mol. The monoisotopic (exact) mass is 266 g/mol. The van der Waals surface area contributed by atoms with E-state index in [0.717, 1.165) is 18.4 Å². The summed E-state index contributed by atoms with van der Waals surface area (Å²) in [6.07, 6.45) is 1.74. The number of carbonyl (C=O) groups excluding carboxylic acids is 1. The Morgan fingerprint density at radius 2 is 2.11 bits per heavy atom. The maximum atomic E-state index is 11.6. The molecule has 0 fully saturated rings. The first kappa shape index (κ1) is 15.3. The summed E-state index contributed by atoms with van der Waals surface area (Å²) in [6, 6.07) is 5.70. The number of hydrogen-bond acceptors (Lipinski definition) is 4. The molecule has 1 aromatic rings. The maximum absolute atomic E-state index is 11.6. The molecule has 1 unspecified atom stereocenters. The zero-order valence-corrected chi connectivity index (χ0v) is 11.7. The highest BCUT2D eigenvalue weighted by Crippen LogP contribution is 2.29. The maximum Gasteiger partial charge on any atom is 0.274 e. The first-order chi connectivity index (χ1) is 9.15. The van der Waals surface area contributed by atoms with Crippen molar-refractivity contribution in [1.82, 2.24) is 5.43 Å². The number of benzene rings is 1. The van der Waals surface area contributed by atoms with E-state index in [1.807, 2.05) is 25.1 Å². The van der Waals surface area contributed by atoms with Crippen molar-refractivity contribution in [2.75, 3.05) is 7.11 Å². The zero-order valence-electron chi connectivity index (χ0n) is 11.7. The van der Waals surface area contributed by atoms with E-state index in [4.69, 9.17) is 15.3 Å². The van der Waals surface area contributed by atoms with Crippen molar-refractivity contribution in [2.45, 2.75) is 39.2 Å². The van der Waals surface area contributed by atoms with Crippen LogP contribution in [0.1, 0.15) is 32.3 Å². The van der Waals surface area contributed by atoms with Gasteiger partial charge in [0.05, 0.1) is 7.11 Å². The lowest BCUT2D eigenvalue weighted by Gasteiger charge is -2.19. The minimum absolute atomic E-state index is 0.330.